The maximum Gasteiger partial charge on any atom is 0.213 e. The summed E-state index contributed by atoms with van der Waals surface area (Å²) in [4.78, 5) is 16.9. The highest BCUT2D eigenvalue weighted by molar-refractivity contribution is 5.18. The molecule has 1 aromatic heterocycles. The predicted octanol–water partition coefficient (Wildman–Crippen LogP) is 3.64. The Morgan fingerprint density at radius 1 is 1.08 bits per heavy atom. The van der Waals surface area contributed by atoms with Gasteiger partial charge in [0.05, 0.1) is 6.61 Å². The zero-order chi connectivity index (χ0) is 16.6. The monoisotopic (exact) mass is 325 g/mol. The van der Waals surface area contributed by atoms with Crippen LogP contribution in [0.3, 0.4) is 0 Å². The second-order valence-corrected chi connectivity index (χ2v) is 6.31. The number of pyridine rings is 1. The van der Waals surface area contributed by atoms with Crippen LogP contribution < -0.4 is 4.74 Å². The summed E-state index contributed by atoms with van der Waals surface area (Å²) < 4.78 is 5.79. The number of nitroso groups, excluding NO2 is 1. The molecule has 0 N–H and O–H groups in total. The lowest BCUT2D eigenvalue weighted by molar-refractivity contribution is 0.134. The van der Waals surface area contributed by atoms with Crippen LogP contribution in [0.1, 0.15) is 24.0 Å². The van der Waals surface area contributed by atoms with Gasteiger partial charge in [-0.1, -0.05) is 41.6 Å². The molecule has 0 atom stereocenters. The summed E-state index contributed by atoms with van der Waals surface area (Å²) in [6.07, 6.45) is 3.96. The van der Waals surface area contributed by atoms with Gasteiger partial charge in [-0.15, -0.1) is 0 Å². The van der Waals surface area contributed by atoms with E-state index in [0.717, 1.165) is 38.0 Å². The molecule has 0 bridgehead atoms. The number of nitrogens with zero attached hydrogens (tertiary/aromatic N) is 3. The highest BCUT2D eigenvalue weighted by Crippen LogP contribution is 2.20. The minimum atomic E-state index is 0.160. The Hall–Kier alpha value is -2.27. The Morgan fingerprint density at radius 3 is 2.54 bits per heavy atom. The topological polar surface area (TPSA) is 54.8 Å². The maximum atomic E-state index is 10.2. The molecule has 2 heterocycles. The molecular weight excluding hydrogens is 302 g/mol. The molecule has 0 spiro atoms. The zero-order valence-corrected chi connectivity index (χ0v) is 13.8. The quantitative estimate of drug-likeness (QED) is 0.729. The van der Waals surface area contributed by atoms with Crippen molar-refractivity contribution in [1.29, 1.82) is 0 Å². The van der Waals surface area contributed by atoms with Gasteiger partial charge in [0, 0.05) is 18.8 Å². The second-order valence-electron chi connectivity index (χ2n) is 6.31. The third kappa shape index (κ3) is 4.86. The number of hydrogen-bond donors (Lipinski definition) is 0. The van der Waals surface area contributed by atoms with Gasteiger partial charge in [-0.3, -0.25) is 4.90 Å². The van der Waals surface area contributed by atoms with Crippen molar-refractivity contribution in [2.45, 2.75) is 25.9 Å². The van der Waals surface area contributed by atoms with Crippen molar-refractivity contribution in [2.75, 3.05) is 19.7 Å². The summed E-state index contributed by atoms with van der Waals surface area (Å²) in [5, 5.41) is 2.86. The molecule has 0 aliphatic carbocycles. The van der Waals surface area contributed by atoms with Crippen molar-refractivity contribution < 1.29 is 4.74 Å². The van der Waals surface area contributed by atoms with E-state index in [1.165, 1.54) is 5.56 Å². The van der Waals surface area contributed by atoms with Crippen molar-refractivity contribution in [3.8, 4) is 5.88 Å². The molecular formula is C19H23N3O2. The van der Waals surface area contributed by atoms with Crippen LogP contribution in [0.15, 0.2) is 53.8 Å². The van der Waals surface area contributed by atoms with Gasteiger partial charge >= 0.3 is 0 Å². The first kappa shape index (κ1) is 16.6. The van der Waals surface area contributed by atoms with Crippen LogP contribution in [-0.2, 0) is 13.1 Å². The molecule has 5 heteroatoms. The van der Waals surface area contributed by atoms with Crippen LogP contribution in [0.25, 0.3) is 0 Å². The number of hydrogen-bond acceptors (Lipinski definition) is 5. The van der Waals surface area contributed by atoms with E-state index in [2.05, 4.69) is 45.4 Å². The molecule has 1 fully saturated rings. The SMILES string of the molecule is O=NCc1ccc(OCC2CCN(Cc3ccccc3)CC2)nc1. The van der Waals surface area contributed by atoms with Gasteiger partial charge in [-0.2, -0.15) is 4.91 Å². The number of aromatic nitrogens is 1. The minimum Gasteiger partial charge on any atom is -0.477 e. The van der Waals surface area contributed by atoms with Crippen molar-refractivity contribution in [2.24, 2.45) is 11.1 Å². The number of piperidine rings is 1. The van der Waals surface area contributed by atoms with Crippen LogP contribution in [0.2, 0.25) is 0 Å². The molecule has 1 aliphatic rings. The van der Waals surface area contributed by atoms with E-state index in [-0.39, 0.29) is 6.54 Å². The fourth-order valence-electron chi connectivity index (χ4n) is 3.02. The fourth-order valence-corrected chi connectivity index (χ4v) is 3.02. The average Bonchev–Trinajstić information content (AvgIpc) is 2.63. The van der Waals surface area contributed by atoms with Crippen molar-refractivity contribution in [3.63, 3.8) is 0 Å². The van der Waals surface area contributed by atoms with Gasteiger partial charge in [0.25, 0.3) is 0 Å². The highest BCUT2D eigenvalue weighted by atomic mass is 16.5. The third-order valence-corrected chi connectivity index (χ3v) is 4.47. The molecule has 0 unspecified atom stereocenters. The first-order valence-electron chi connectivity index (χ1n) is 8.46. The highest BCUT2D eigenvalue weighted by Gasteiger charge is 2.19. The van der Waals surface area contributed by atoms with Crippen LogP contribution >= 0.6 is 0 Å². The predicted molar refractivity (Wildman–Crippen MR) is 93.7 cm³/mol. The van der Waals surface area contributed by atoms with Crippen molar-refractivity contribution >= 4 is 0 Å². The Labute approximate surface area is 142 Å². The second kappa shape index (κ2) is 8.55. The number of benzene rings is 1. The van der Waals surface area contributed by atoms with E-state index in [1.807, 2.05) is 12.1 Å². The minimum absolute atomic E-state index is 0.160. The maximum absolute atomic E-state index is 10.2. The van der Waals surface area contributed by atoms with E-state index < -0.39 is 0 Å². The van der Waals surface area contributed by atoms with E-state index in [4.69, 9.17) is 4.74 Å². The summed E-state index contributed by atoms with van der Waals surface area (Å²) in [5.41, 5.74) is 2.19. The smallest absolute Gasteiger partial charge is 0.213 e. The van der Waals surface area contributed by atoms with E-state index >= 15 is 0 Å². The third-order valence-electron chi connectivity index (χ3n) is 4.47. The van der Waals surface area contributed by atoms with Gasteiger partial charge in [0.1, 0.15) is 6.54 Å². The lowest BCUT2D eigenvalue weighted by Gasteiger charge is -2.31. The fraction of sp³-hybridized carbons (Fsp3) is 0.421. The van der Waals surface area contributed by atoms with Crippen LogP contribution in [0, 0.1) is 10.8 Å². The number of rotatable bonds is 7. The molecule has 3 rings (SSSR count). The van der Waals surface area contributed by atoms with Crippen LogP contribution in [0.4, 0.5) is 0 Å². The molecule has 1 aromatic carbocycles. The van der Waals surface area contributed by atoms with Gasteiger partial charge in [0.15, 0.2) is 0 Å². The number of ether oxygens (including phenoxy) is 1. The molecule has 5 nitrogen and oxygen atoms in total. The zero-order valence-electron chi connectivity index (χ0n) is 13.8. The first-order valence-corrected chi connectivity index (χ1v) is 8.46. The lowest BCUT2D eigenvalue weighted by Crippen LogP contribution is -2.35. The Balaban J connectivity index is 1.40. The molecule has 0 radical (unpaired) electrons. The van der Waals surface area contributed by atoms with E-state index in [9.17, 15) is 4.91 Å². The van der Waals surface area contributed by atoms with Crippen molar-refractivity contribution in [3.05, 3.63) is 64.7 Å². The van der Waals surface area contributed by atoms with Gasteiger partial charge in [0.2, 0.25) is 5.88 Å². The largest absolute Gasteiger partial charge is 0.477 e. The van der Waals surface area contributed by atoms with E-state index in [1.54, 1.807) is 6.20 Å². The Kier molecular flexibility index (Phi) is 5.90. The molecule has 2 aromatic rings. The summed E-state index contributed by atoms with van der Waals surface area (Å²) in [6.45, 7) is 4.12. The molecule has 0 saturated carbocycles. The molecule has 1 saturated heterocycles. The average molecular weight is 325 g/mol. The van der Waals surface area contributed by atoms with Crippen LogP contribution in [0.5, 0.6) is 5.88 Å². The molecule has 1 aliphatic heterocycles. The Bertz CT molecular complexity index is 623. The van der Waals surface area contributed by atoms with Crippen molar-refractivity contribution in [1.82, 2.24) is 9.88 Å². The molecule has 24 heavy (non-hydrogen) atoms. The Morgan fingerprint density at radius 2 is 1.88 bits per heavy atom. The van der Waals surface area contributed by atoms with Gasteiger partial charge in [-0.25, -0.2) is 4.98 Å². The first-order chi connectivity index (χ1) is 11.8. The molecule has 126 valence electrons. The van der Waals surface area contributed by atoms with E-state index in [0.29, 0.717) is 18.4 Å². The normalized spacial score (nSPS) is 16.0. The summed E-state index contributed by atoms with van der Waals surface area (Å²) in [7, 11) is 0. The standard InChI is InChI=1S/C19H23N3O2/c23-21-13-18-6-7-19(20-12-18)24-15-17-8-10-22(11-9-17)14-16-4-2-1-3-5-16/h1-7,12,17H,8-11,13-15H2. The summed E-state index contributed by atoms with van der Waals surface area (Å²) in [6, 6.07) is 14.3. The lowest BCUT2D eigenvalue weighted by atomic mass is 9.97. The molecule has 0 amide bonds. The number of likely N-dealkylation sites (tertiary alicyclic amines) is 1. The summed E-state index contributed by atoms with van der Waals surface area (Å²) in [5.74, 6) is 1.20. The summed E-state index contributed by atoms with van der Waals surface area (Å²) >= 11 is 0. The van der Waals surface area contributed by atoms with Crippen LogP contribution in [-0.4, -0.2) is 29.6 Å². The van der Waals surface area contributed by atoms with Gasteiger partial charge < -0.3 is 4.74 Å². The van der Waals surface area contributed by atoms with Gasteiger partial charge in [-0.05, 0) is 43.0 Å².